The minimum Gasteiger partial charge on any atom is -0.872 e. The van der Waals surface area contributed by atoms with E-state index in [9.17, 15) is 5.11 Å². The Morgan fingerprint density at radius 3 is 2.10 bits per heavy atom. The fourth-order valence-corrected chi connectivity index (χ4v) is 1.74. The van der Waals surface area contributed by atoms with E-state index in [1.165, 1.54) is 0 Å². The molecule has 1 N–H and O–H groups in total. The monoisotopic (exact) mass is 336 g/mol. The molecule has 2 aromatic carbocycles. The molecule has 0 fully saturated rings. The van der Waals surface area contributed by atoms with Crippen LogP contribution in [0.25, 0.3) is 22.4 Å². The molecule has 0 amide bonds. The number of hydrogen-bond donors (Lipinski definition) is 1. The van der Waals surface area contributed by atoms with E-state index in [2.05, 4.69) is 23.8 Å². The average Bonchev–Trinajstić information content (AvgIpc) is 2.95. The number of H-pyrrole nitrogens is 1. The Kier molecular flexibility index (Phi) is 9.33. The van der Waals surface area contributed by atoms with Gasteiger partial charge in [0.05, 0.1) is 11.0 Å². The van der Waals surface area contributed by atoms with Crippen LogP contribution in [0.4, 0.5) is 0 Å². The van der Waals surface area contributed by atoms with Crippen LogP contribution in [0, 0.1) is 13.8 Å². The minimum atomic E-state index is -0.0124. The number of aromatic amines is 1. The largest absolute Gasteiger partial charge is 0.872 e. The molecule has 21 heavy (non-hydrogen) atoms. The zero-order valence-corrected chi connectivity index (χ0v) is 14.9. The van der Waals surface area contributed by atoms with Crippen molar-refractivity contribution in [2.75, 3.05) is 0 Å². The number of rotatable bonds is 1. The Morgan fingerprint density at radius 2 is 1.48 bits per heavy atom. The van der Waals surface area contributed by atoms with Gasteiger partial charge in [-0.1, -0.05) is 69.8 Å². The molecule has 4 heteroatoms. The van der Waals surface area contributed by atoms with Gasteiger partial charge in [0.1, 0.15) is 5.82 Å². The van der Waals surface area contributed by atoms with Crippen LogP contribution >= 0.6 is 0 Å². The van der Waals surface area contributed by atoms with Crippen LogP contribution < -0.4 is 5.11 Å². The number of hydrogen-bond acceptors (Lipinski definition) is 2. The van der Waals surface area contributed by atoms with E-state index in [1.54, 1.807) is 32.0 Å². The molecule has 3 aromatic rings. The molecule has 0 saturated carbocycles. The second-order valence-electron chi connectivity index (χ2n) is 3.60. The van der Waals surface area contributed by atoms with Crippen LogP contribution in [0.1, 0.15) is 13.8 Å². The first-order chi connectivity index (χ1) is 9.84. The average molecular weight is 337 g/mol. The number of nitrogens with zero attached hydrogens (tertiary/aromatic N) is 1. The summed E-state index contributed by atoms with van der Waals surface area (Å²) < 4.78 is 0. The van der Waals surface area contributed by atoms with Crippen LogP contribution in [0.3, 0.4) is 0 Å². The third kappa shape index (κ3) is 4.69. The molecule has 0 atom stereocenters. The molecule has 0 spiro atoms. The van der Waals surface area contributed by atoms with Gasteiger partial charge >= 0.3 is 0 Å². The Hall–Kier alpha value is -1.65. The summed E-state index contributed by atoms with van der Waals surface area (Å²) in [5.74, 6) is 0.619. The van der Waals surface area contributed by atoms with Gasteiger partial charge in [-0.2, -0.15) is 0 Å². The van der Waals surface area contributed by atoms with Crippen LogP contribution in [-0.4, -0.2) is 29.8 Å². The summed E-state index contributed by atoms with van der Waals surface area (Å²) in [6.07, 6.45) is 0. The number of imidazole rings is 1. The van der Waals surface area contributed by atoms with Gasteiger partial charge in [0.15, 0.2) is 0 Å². The van der Waals surface area contributed by atoms with Gasteiger partial charge in [0.25, 0.3) is 0 Å². The van der Waals surface area contributed by atoms with E-state index in [4.69, 9.17) is 0 Å². The summed E-state index contributed by atoms with van der Waals surface area (Å²) in [6.45, 7) is 10.0. The fraction of sp³-hybridized carbons (Fsp3) is 0.118. The van der Waals surface area contributed by atoms with Crippen molar-refractivity contribution in [1.29, 1.82) is 0 Å². The first-order valence-electron chi connectivity index (χ1n) is 6.47. The summed E-state index contributed by atoms with van der Waals surface area (Å²) in [6, 6.07) is 14.6. The summed E-state index contributed by atoms with van der Waals surface area (Å²) in [7, 11) is 0. The van der Waals surface area contributed by atoms with Crippen molar-refractivity contribution in [1.82, 2.24) is 9.97 Å². The predicted octanol–water partition coefficient (Wildman–Crippen LogP) is 3.60. The number of nitrogens with one attached hydrogen (secondary N) is 1. The van der Waals surface area contributed by atoms with E-state index in [0.717, 1.165) is 11.0 Å². The third-order valence-electron chi connectivity index (χ3n) is 2.53. The standard InChI is InChI=1S/C13H10N2O.2C2H5.Ga/c16-12-8-4-1-5-9(12)13-14-10-6-2-3-7-11(10)15-13;2*1-2;/h1-8,16H,(H,14,15);2*1H2,2H3;/p-1. The van der Waals surface area contributed by atoms with E-state index in [1.807, 2.05) is 30.3 Å². The number of aromatic nitrogens is 2. The Labute approximate surface area is 139 Å². The van der Waals surface area contributed by atoms with Crippen molar-refractivity contribution in [3.05, 3.63) is 62.4 Å². The Morgan fingerprint density at radius 1 is 0.905 bits per heavy atom. The zero-order chi connectivity index (χ0) is 15.0. The van der Waals surface area contributed by atoms with Crippen molar-refractivity contribution in [3.8, 4) is 17.1 Å². The Bertz CT molecular complexity index is 617. The van der Waals surface area contributed by atoms with Gasteiger partial charge in [0, 0.05) is 25.4 Å². The second kappa shape index (κ2) is 10.1. The maximum absolute atomic E-state index is 11.6. The quantitative estimate of drug-likeness (QED) is 0.690. The third-order valence-corrected chi connectivity index (χ3v) is 2.53. The van der Waals surface area contributed by atoms with E-state index < -0.39 is 0 Å². The molecule has 0 aliphatic heterocycles. The number of para-hydroxylation sites is 3. The van der Waals surface area contributed by atoms with Gasteiger partial charge < -0.3 is 10.1 Å². The van der Waals surface area contributed by atoms with Crippen LogP contribution in [0.5, 0.6) is 5.75 Å². The first-order valence-corrected chi connectivity index (χ1v) is 6.47. The molecule has 0 bridgehead atoms. The smallest absolute Gasteiger partial charge is 0.137 e. The normalized spacial score (nSPS) is 8.76. The summed E-state index contributed by atoms with van der Waals surface area (Å²) >= 11 is 0. The summed E-state index contributed by atoms with van der Waals surface area (Å²) in [5.41, 5.74) is 2.43. The zero-order valence-electron chi connectivity index (χ0n) is 12.5. The van der Waals surface area contributed by atoms with Crippen LogP contribution in [0.15, 0.2) is 48.5 Å². The predicted molar refractivity (Wildman–Crippen MR) is 88.8 cm³/mol. The van der Waals surface area contributed by atoms with Crippen molar-refractivity contribution in [3.63, 3.8) is 0 Å². The molecule has 0 aliphatic rings. The van der Waals surface area contributed by atoms with Gasteiger partial charge in [0.2, 0.25) is 0 Å². The molecule has 3 rings (SSSR count). The van der Waals surface area contributed by atoms with Crippen molar-refractivity contribution < 1.29 is 5.11 Å². The summed E-state index contributed by atoms with van der Waals surface area (Å²) in [5, 5.41) is 11.6. The number of fused-ring (bicyclic) bond motifs is 1. The maximum atomic E-state index is 11.6. The van der Waals surface area contributed by atoms with Gasteiger partial charge in [-0.25, -0.2) is 4.98 Å². The topological polar surface area (TPSA) is 51.7 Å². The molecule has 0 unspecified atom stereocenters. The van der Waals surface area contributed by atoms with E-state index in [-0.39, 0.29) is 25.5 Å². The Balaban J connectivity index is 0.000000741. The van der Waals surface area contributed by atoms with Crippen LogP contribution in [-0.2, 0) is 0 Å². The van der Waals surface area contributed by atoms with E-state index in [0.29, 0.717) is 11.4 Å². The summed E-state index contributed by atoms with van der Waals surface area (Å²) in [4.78, 5) is 7.53. The van der Waals surface area contributed by atoms with Gasteiger partial charge in [-0.15, -0.1) is 0 Å². The van der Waals surface area contributed by atoms with Crippen molar-refractivity contribution >= 4 is 30.8 Å². The molecule has 0 saturated heterocycles. The van der Waals surface area contributed by atoms with Gasteiger partial charge in [-0.3, -0.25) is 0 Å². The van der Waals surface area contributed by atoms with Gasteiger partial charge in [-0.05, 0) is 12.1 Å². The van der Waals surface area contributed by atoms with Crippen molar-refractivity contribution in [2.24, 2.45) is 0 Å². The van der Waals surface area contributed by atoms with Crippen molar-refractivity contribution in [2.45, 2.75) is 13.8 Å². The molecular formula is C17H19GaN2O-. The second-order valence-corrected chi connectivity index (χ2v) is 3.60. The molecular weight excluding hydrogens is 318 g/mol. The minimum absolute atomic E-state index is 0. The molecule has 107 valence electrons. The SMILES string of the molecule is [CH2]C.[CH2]C.[Ga].[O-]c1ccccc1-c1nc2ccccc2[nH]1. The molecule has 1 heterocycles. The van der Waals surface area contributed by atoms with E-state index >= 15 is 0 Å². The van der Waals surface area contributed by atoms with Crippen LogP contribution in [0.2, 0.25) is 0 Å². The fourth-order valence-electron chi connectivity index (χ4n) is 1.74. The molecule has 1 aromatic heterocycles. The number of benzene rings is 2. The molecule has 5 radical (unpaired) electrons. The molecule has 3 nitrogen and oxygen atoms in total. The molecule has 0 aliphatic carbocycles. The first kappa shape index (κ1) is 19.3. The maximum Gasteiger partial charge on any atom is 0.137 e.